The monoisotopic (exact) mass is 291 g/mol. The summed E-state index contributed by atoms with van der Waals surface area (Å²) >= 11 is 0. The lowest BCUT2D eigenvalue weighted by Crippen LogP contribution is -2.56. The molecule has 0 bridgehead atoms. The van der Waals surface area contributed by atoms with E-state index in [9.17, 15) is 14.7 Å². The molecular weight excluding hydrogens is 270 g/mol. The van der Waals surface area contributed by atoms with Crippen LogP contribution in [-0.4, -0.2) is 22.5 Å². The molecule has 1 aliphatic carbocycles. The third-order valence-corrected chi connectivity index (χ3v) is 3.93. The molecule has 2 unspecified atom stereocenters. The summed E-state index contributed by atoms with van der Waals surface area (Å²) in [5.41, 5.74) is -1.14. The van der Waals surface area contributed by atoms with Crippen LogP contribution in [0.15, 0.2) is 22.6 Å². The minimum absolute atomic E-state index is 0.298. The summed E-state index contributed by atoms with van der Waals surface area (Å²) in [6, 6.07) is 3.56. The molecule has 1 saturated carbocycles. The third-order valence-electron chi connectivity index (χ3n) is 3.93. The molecular formula is C16H21NO4. The fraction of sp³-hybridized carbons (Fsp3) is 0.500. The van der Waals surface area contributed by atoms with Gasteiger partial charge >= 0.3 is 5.97 Å². The fourth-order valence-corrected chi connectivity index (χ4v) is 2.89. The van der Waals surface area contributed by atoms with Gasteiger partial charge in [-0.2, -0.15) is 0 Å². The number of aryl methyl sites for hydroxylation is 1. The number of rotatable bonds is 4. The summed E-state index contributed by atoms with van der Waals surface area (Å²) in [5, 5.41) is 12.2. The standard InChI is InChI=1S/C16H21NO4/c1-11-4-3-9-16(10-11,15(19)20)17-14(18)8-7-13-6-5-12(2)21-13/h5-8,11H,3-4,9-10H2,1-2H3,(H,17,18)(H,19,20). The van der Waals surface area contributed by atoms with Gasteiger partial charge in [-0.3, -0.25) is 4.79 Å². The van der Waals surface area contributed by atoms with E-state index in [1.54, 1.807) is 18.2 Å². The molecule has 2 N–H and O–H groups in total. The predicted octanol–water partition coefficient (Wildman–Crippen LogP) is 2.75. The fourth-order valence-electron chi connectivity index (χ4n) is 2.89. The van der Waals surface area contributed by atoms with Crippen molar-refractivity contribution < 1.29 is 19.1 Å². The zero-order valence-electron chi connectivity index (χ0n) is 12.4. The average Bonchev–Trinajstić information content (AvgIpc) is 2.82. The summed E-state index contributed by atoms with van der Waals surface area (Å²) < 4.78 is 5.33. The zero-order valence-corrected chi connectivity index (χ0v) is 12.4. The molecule has 21 heavy (non-hydrogen) atoms. The van der Waals surface area contributed by atoms with Crippen molar-refractivity contribution >= 4 is 18.0 Å². The van der Waals surface area contributed by atoms with E-state index in [0.717, 1.165) is 18.6 Å². The van der Waals surface area contributed by atoms with Gasteiger partial charge < -0.3 is 14.8 Å². The van der Waals surface area contributed by atoms with Crippen LogP contribution in [0.2, 0.25) is 0 Å². The Bertz CT molecular complexity index is 560. The highest BCUT2D eigenvalue weighted by Crippen LogP contribution is 2.32. The number of carboxylic acid groups (broad SMARTS) is 1. The molecule has 0 aliphatic heterocycles. The Morgan fingerprint density at radius 3 is 2.81 bits per heavy atom. The van der Waals surface area contributed by atoms with Crippen LogP contribution in [0.1, 0.15) is 44.1 Å². The first-order valence-electron chi connectivity index (χ1n) is 7.21. The SMILES string of the molecule is Cc1ccc(C=CC(=O)NC2(C(=O)O)CCCC(C)C2)o1. The molecule has 1 aliphatic rings. The van der Waals surface area contributed by atoms with E-state index in [1.165, 1.54) is 6.08 Å². The van der Waals surface area contributed by atoms with Crippen molar-refractivity contribution in [2.45, 2.75) is 45.1 Å². The minimum atomic E-state index is -1.14. The topological polar surface area (TPSA) is 79.5 Å². The van der Waals surface area contributed by atoms with E-state index in [-0.39, 0.29) is 0 Å². The largest absolute Gasteiger partial charge is 0.480 e. The third kappa shape index (κ3) is 3.74. The van der Waals surface area contributed by atoms with Gasteiger partial charge in [-0.1, -0.05) is 19.8 Å². The van der Waals surface area contributed by atoms with Crippen LogP contribution < -0.4 is 5.32 Å². The molecule has 0 radical (unpaired) electrons. The second-order valence-electron chi connectivity index (χ2n) is 5.86. The van der Waals surface area contributed by atoms with Crippen molar-refractivity contribution in [3.8, 4) is 0 Å². The minimum Gasteiger partial charge on any atom is -0.480 e. The van der Waals surface area contributed by atoms with Crippen LogP contribution in [0.3, 0.4) is 0 Å². The molecule has 114 valence electrons. The molecule has 2 atom stereocenters. The van der Waals surface area contributed by atoms with Gasteiger partial charge in [-0.05, 0) is 43.9 Å². The van der Waals surface area contributed by atoms with E-state index >= 15 is 0 Å². The molecule has 0 aromatic carbocycles. The number of furan rings is 1. The van der Waals surface area contributed by atoms with Crippen LogP contribution in [-0.2, 0) is 9.59 Å². The summed E-state index contributed by atoms with van der Waals surface area (Å²) in [6.07, 6.45) is 5.64. The van der Waals surface area contributed by atoms with Crippen molar-refractivity contribution in [3.05, 3.63) is 29.7 Å². The van der Waals surface area contributed by atoms with Crippen LogP contribution in [0.25, 0.3) is 6.08 Å². The summed E-state index contributed by atoms with van der Waals surface area (Å²) in [5.74, 6) is 0.277. The number of nitrogens with one attached hydrogen (secondary N) is 1. The normalized spacial score (nSPS) is 25.9. The molecule has 0 spiro atoms. The molecule has 1 aromatic rings. The smallest absolute Gasteiger partial charge is 0.329 e. The average molecular weight is 291 g/mol. The van der Waals surface area contributed by atoms with Crippen molar-refractivity contribution in [1.29, 1.82) is 0 Å². The van der Waals surface area contributed by atoms with Crippen LogP contribution in [0.5, 0.6) is 0 Å². The summed E-state index contributed by atoms with van der Waals surface area (Å²) in [7, 11) is 0. The number of amides is 1. The van der Waals surface area contributed by atoms with Gasteiger partial charge in [0.05, 0.1) is 0 Å². The van der Waals surface area contributed by atoms with Gasteiger partial charge in [0.2, 0.25) is 5.91 Å². The highest BCUT2D eigenvalue weighted by Gasteiger charge is 2.42. The Morgan fingerprint density at radius 2 is 2.24 bits per heavy atom. The quantitative estimate of drug-likeness (QED) is 0.836. The molecule has 5 heteroatoms. The molecule has 1 heterocycles. The Labute approximate surface area is 124 Å². The Morgan fingerprint density at radius 1 is 1.48 bits per heavy atom. The van der Waals surface area contributed by atoms with Gasteiger partial charge in [0.25, 0.3) is 0 Å². The summed E-state index contributed by atoms with van der Waals surface area (Å²) in [6.45, 7) is 3.84. The maximum absolute atomic E-state index is 12.0. The Kier molecular flexibility index (Phi) is 4.50. The lowest BCUT2D eigenvalue weighted by Gasteiger charge is -2.36. The maximum atomic E-state index is 12.0. The molecule has 1 aromatic heterocycles. The second kappa shape index (κ2) is 6.16. The molecule has 5 nitrogen and oxygen atoms in total. The predicted molar refractivity (Wildman–Crippen MR) is 78.6 cm³/mol. The van der Waals surface area contributed by atoms with Crippen molar-refractivity contribution in [1.82, 2.24) is 5.32 Å². The Balaban J connectivity index is 2.05. The highest BCUT2D eigenvalue weighted by atomic mass is 16.4. The molecule has 2 rings (SSSR count). The van der Waals surface area contributed by atoms with Crippen molar-refractivity contribution in [3.63, 3.8) is 0 Å². The lowest BCUT2D eigenvalue weighted by molar-refractivity contribution is -0.149. The van der Waals surface area contributed by atoms with Gasteiger partial charge in [-0.15, -0.1) is 0 Å². The van der Waals surface area contributed by atoms with Gasteiger partial charge in [0.15, 0.2) is 0 Å². The van der Waals surface area contributed by atoms with Gasteiger partial charge in [-0.25, -0.2) is 4.79 Å². The van der Waals surface area contributed by atoms with Gasteiger partial charge in [0, 0.05) is 6.08 Å². The molecule has 0 saturated heterocycles. The summed E-state index contributed by atoms with van der Waals surface area (Å²) in [4.78, 5) is 23.6. The number of aliphatic carboxylic acids is 1. The Hall–Kier alpha value is -2.04. The van der Waals surface area contributed by atoms with E-state index in [4.69, 9.17) is 4.42 Å². The van der Waals surface area contributed by atoms with Crippen molar-refractivity contribution in [2.24, 2.45) is 5.92 Å². The van der Waals surface area contributed by atoms with E-state index in [2.05, 4.69) is 5.32 Å². The number of hydrogen-bond acceptors (Lipinski definition) is 3. The lowest BCUT2D eigenvalue weighted by atomic mass is 9.76. The number of carboxylic acids is 1. The zero-order chi connectivity index (χ0) is 15.5. The second-order valence-corrected chi connectivity index (χ2v) is 5.86. The van der Waals surface area contributed by atoms with E-state index in [0.29, 0.717) is 24.5 Å². The number of carbonyl (C=O) groups is 2. The van der Waals surface area contributed by atoms with Crippen molar-refractivity contribution in [2.75, 3.05) is 0 Å². The first-order valence-corrected chi connectivity index (χ1v) is 7.21. The number of carbonyl (C=O) groups excluding carboxylic acids is 1. The van der Waals surface area contributed by atoms with Crippen LogP contribution in [0, 0.1) is 12.8 Å². The first-order chi connectivity index (χ1) is 9.91. The van der Waals surface area contributed by atoms with E-state index in [1.807, 2.05) is 13.8 Å². The number of hydrogen-bond donors (Lipinski definition) is 2. The maximum Gasteiger partial charge on any atom is 0.329 e. The van der Waals surface area contributed by atoms with Crippen LogP contribution >= 0.6 is 0 Å². The van der Waals surface area contributed by atoms with Gasteiger partial charge in [0.1, 0.15) is 17.1 Å². The highest BCUT2D eigenvalue weighted by molar-refractivity contribution is 5.95. The van der Waals surface area contributed by atoms with E-state index < -0.39 is 17.4 Å². The molecule has 1 fully saturated rings. The first kappa shape index (κ1) is 15.4. The van der Waals surface area contributed by atoms with Crippen LogP contribution in [0.4, 0.5) is 0 Å². The molecule has 1 amide bonds.